The van der Waals surface area contributed by atoms with Gasteiger partial charge in [-0.05, 0) is 30.7 Å². The molecule has 2 amide bonds. The van der Waals surface area contributed by atoms with Crippen LogP contribution in [-0.4, -0.2) is 51.1 Å². The lowest BCUT2D eigenvalue weighted by Crippen LogP contribution is -2.13. The Morgan fingerprint density at radius 1 is 1.36 bits per heavy atom. The lowest BCUT2D eigenvalue weighted by atomic mass is 9.99. The predicted molar refractivity (Wildman–Crippen MR) is 122 cm³/mol. The Morgan fingerprint density at radius 2 is 2.21 bits per heavy atom. The van der Waals surface area contributed by atoms with Gasteiger partial charge in [-0.15, -0.1) is 4.36 Å². The minimum atomic E-state index is -3.09. The van der Waals surface area contributed by atoms with Gasteiger partial charge in [0.05, 0.1) is 41.9 Å². The molecule has 2 aliphatic rings. The summed E-state index contributed by atoms with van der Waals surface area (Å²) in [6.07, 6.45) is 5.04. The largest absolute Gasteiger partial charge is 0.493 e. The van der Waals surface area contributed by atoms with E-state index in [-0.39, 0.29) is 6.10 Å². The first-order valence-corrected chi connectivity index (χ1v) is 12.3. The number of urea groups is 1. The fraction of sp³-hybridized carbons (Fsp3) is 0.318. The molecule has 0 radical (unpaired) electrons. The summed E-state index contributed by atoms with van der Waals surface area (Å²) < 4.78 is 35.7. The molecule has 1 aromatic carbocycles. The number of benzene rings is 1. The zero-order valence-corrected chi connectivity index (χ0v) is 19.2. The Labute approximate surface area is 191 Å². The zero-order valence-electron chi connectivity index (χ0n) is 18.4. The van der Waals surface area contributed by atoms with Gasteiger partial charge in [0.15, 0.2) is 0 Å². The molecule has 3 aromatic rings. The molecular weight excluding hydrogens is 446 g/mol. The third kappa shape index (κ3) is 3.88. The number of carbonyl (C=O) groups is 1. The maximum atomic E-state index is 13.4. The van der Waals surface area contributed by atoms with Crippen molar-refractivity contribution >= 4 is 21.4 Å². The summed E-state index contributed by atoms with van der Waals surface area (Å²) in [5.41, 5.74) is 2.99. The highest BCUT2D eigenvalue weighted by atomic mass is 32.2. The molecule has 1 N–H and O–H groups in total. The quantitative estimate of drug-likeness (QED) is 0.623. The van der Waals surface area contributed by atoms with Crippen LogP contribution in [0.15, 0.2) is 45.9 Å². The van der Waals surface area contributed by atoms with E-state index in [1.807, 2.05) is 25.1 Å². The van der Waals surface area contributed by atoms with Crippen molar-refractivity contribution in [3.05, 3.63) is 42.2 Å². The second kappa shape index (κ2) is 8.07. The molecule has 0 fully saturated rings. The van der Waals surface area contributed by atoms with Crippen LogP contribution in [0.3, 0.4) is 0 Å². The number of ether oxygens (including phenoxy) is 3. The number of rotatable bonds is 4. The average molecular weight is 470 g/mol. The first kappa shape index (κ1) is 21.3. The van der Waals surface area contributed by atoms with Crippen molar-refractivity contribution in [2.24, 2.45) is 4.36 Å². The summed E-state index contributed by atoms with van der Waals surface area (Å²) in [6.45, 7) is 2.97. The number of hydrogen-bond acceptors (Lipinski definition) is 7. The zero-order chi connectivity index (χ0) is 23.2. The summed E-state index contributed by atoms with van der Waals surface area (Å²) in [5.74, 6) is 1.54. The first-order chi connectivity index (χ1) is 15.9. The fourth-order valence-electron chi connectivity index (χ4n) is 4.02. The van der Waals surface area contributed by atoms with Gasteiger partial charge in [0, 0.05) is 36.1 Å². The fourth-order valence-corrected chi connectivity index (χ4v) is 5.20. The summed E-state index contributed by atoms with van der Waals surface area (Å²) >= 11 is 0. The molecular formula is C22H23N5O5S. The monoisotopic (exact) mass is 469 g/mol. The lowest BCUT2D eigenvalue weighted by molar-refractivity contribution is 0.248. The van der Waals surface area contributed by atoms with Crippen LogP contribution in [0.4, 0.5) is 10.5 Å². The molecule has 0 bridgehead atoms. The third-order valence-electron chi connectivity index (χ3n) is 5.53. The molecule has 11 heteroatoms. The molecule has 10 nitrogen and oxygen atoms in total. The Morgan fingerprint density at radius 3 is 3.03 bits per heavy atom. The van der Waals surface area contributed by atoms with Crippen LogP contribution < -0.4 is 19.5 Å². The molecule has 0 saturated carbocycles. The molecule has 5 rings (SSSR count). The minimum Gasteiger partial charge on any atom is -0.493 e. The number of methoxy groups -OCH3 is 1. The van der Waals surface area contributed by atoms with Crippen molar-refractivity contribution in [1.29, 1.82) is 0 Å². The number of nitrogens with zero attached hydrogens (tertiary/aromatic N) is 4. The summed E-state index contributed by atoms with van der Waals surface area (Å²) in [7, 11) is -1.55. The highest BCUT2D eigenvalue weighted by molar-refractivity contribution is 7.93. The molecule has 0 spiro atoms. The van der Waals surface area contributed by atoms with Gasteiger partial charge in [0.1, 0.15) is 16.7 Å². The van der Waals surface area contributed by atoms with Crippen molar-refractivity contribution in [3.63, 3.8) is 0 Å². The Hall–Kier alpha value is -3.60. The van der Waals surface area contributed by atoms with E-state index in [0.717, 1.165) is 16.7 Å². The van der Waals surface area contributed by atoms with E-state index in [4.69, 9.17) is 14.2 Å². The number of carbonyl (C=O) groups excluding carboxylic acids is 1. The highest BCUT2D eigenvalue weighted by Gasteiger charge is 2.28. The van der Waals surface area contributed by atoms with E-state index < -0.39 is 15.8 Å². The molecule has 33 heavy (non-hydrogen) atoms. The second-order valence-electron chi connectivity index (χ2n) is 7.90. The standard InChI is InChI=1S/C22H23N5O5S/c1-13-12-27-21(32-13)18(11-24-27)33(3,29)26-22(28)25-20-15(4-5-17-16(20)7-9-31-17)14-6-8-23-19(10-14)30-2/h4-6,8,10-11,13H,7,9,12H2,1-3H3,(H,25,28)/t13-,33-/m0/s1. The Balaban J connectivity index is 1.52. The van der Waals surface area contributed by atoms with Gasteiger partial charge in [0.25, 0.3) is 0 Å². The van der Waals surface area contributed by atoms with Crippen LogP contribution >= 0.6 is 0 Å². The first-order valence-electron chi connectivity index (χ1n) is 10.4. The number of pyridine rings is 1. The van der Waals surface area contributed by atoms with Crippen molar-refractivity contribution in [2.75, 3.05) is 25.3 Å². The van der Waals surface area contributed by atoms with Gasteiger partial charge in [-0.3, -0.25) is 0 Å². The summed E-state index contributed by atoms with van der Waals surface area (Å²) in [4.78, 5) is 17.4. The number of amides is 2. The topological polar surface area (TPSA) is 117 Å². The van der Waals surface area contributed by atoms with E-state index >= 15 is 0 Å². The van der Waals surface area contributed by atoms with Gasteiger partial charge in [0.2, 0.25) is 11.8 Å². The number of hydrogen-bond donors (Lipinski definition) is 1. The number of anilines is 1. The lowest BCUT2D eigenvalue weighted by Gasteiger charge is -2.15. The summed E-state index contributed by atoms with van der Waals surface area (Å²) in [6, 6.07) is 6.61. The average Bonchev–Trinajstić information content (AvgIpc) is 3.49. The molecule has 0 aliphatic carbocycles. The number of aromatic nitrogens is 3. The van der Waals surface area contributed by atoms with Crippen molar-refractivity contribution in [3.8, 4) is 28.6 Å². The Bertz CT molecular complexity index is 1380. The smallest absolute Gasteiger partial charge is 0.353 e. The van der Waals surface area contributed by atoms with E-state index in [9.17, 15) is 9.00 Å². The van der Waals surface area contributed by atoms with Gasteiger partial charge >= 0.3 is 6.03 Å². The second-order valence-corrected chi connectivity index (χ2v) is 10.1. The number of nitrogens with one attached hydrogen (secondary N) is 1. The van der Waals surface area contributed by atoms with E-state index in [0.29, 0.717) is 47.7 Å². The van der Waals surface area contributed by atoms with Gasteiger partial charge in [-0.2, -0.15) is 5.10 Å². The van der Waals surface area contributed by atoms with Crippen LogP contribution in [0, 0.1) is 0 Å². The van der Waals surface area contributed by atoms with Gasteiger partial charge in [-0.25, -0.2) is 18.7 Å². The van der Waals surface area contributed by atoms with E-state index in [2.05, 4.69) is 19.8 Å². The van der Waals surface area contributed by atoms with Gasteiger partial charge < -0.3 is 19.5 Å². The van der Waals surface area contributed by atoms with Crippen LogP contribution in [0.25, 0.3) is 11.1 Å². The SMILES string of the molecule is COc1cc(-c2ccc3c(c2NC(=O)N=[S@@](C)(=O)c2cnn4c2O[C@@H](C)C4)CCO3)ccn1. The van der Waals surface area contributed by atoms with E-state index in [1.54, 1.807) is 24.1 Å². The molecule has 172 valence electrons. The van der Waals surface area contributed by atoms with Gasteiger partial charge in [-0.1, -0.05) is 0 Å². The molecule has 2 aromatic heterocycles. The molecule has 4 heterocycles. The predicted octanol–water partition coefficient (Wildman–Crippen LogP) is 3.36. The highest BCUT2D eigenvalue weighted by Crippen LogP contribution is 2.40. The van der Waals surface area contributed by atoms with Crippen LogP contribution in [0.2, 0.25) is 0 Å². The normalized spacial score (nSPS) is 17.8. The third-order valence-corrected chi connectivity index (χ3v) is 7.14. The van der Waals surface area contributed by atoms with E-state index in [1.165, 1.54) is 12.5 Å². The minimum absolute atomic E-state index is 0.0803. The Kier molecular flexibility index (Phi) is 5.20. The molecule has 2 atom stereocenters. The number of fused-ring (bicyclic) bond motifs is 2. The van der Waals surface area contributed by atoms with Crippen LogP contribution in [-0.2, 0) is 22.7 Å². The molecule has 2 aliphatic heterocycles. The summed E-state index contributed by atoms with van der Waals surface area (Å²) in [5, 5.41) is 7.06. The maximum absolute atomic E-state index is 13.4. The molecule has 0 saturated heterocycles. The molecule has 0 unspecified atom stereocenters. The van der Waals surface area contributed by atoms with Crippen molar-refractivity contribution < 1.29 is 23.2 Å². The van der Waals surface area contributed by atoms with Crippen molar-refractivity contribution in [1.82, 2.24) is 14.8 Å². The van der Waals surface area contributed by atoms with Crippen molar-refractivity contribution in [2.45, 2.75) is 30.9 Å². The van der Waals surface area contributed by atoms with Crippen LogP contribution in [0.5, 0.6) is 17.5 Å². The van der Waals surface area contributed by atoms with Crippen LogP contribution in [0.1, 0.15) is 12.5 Å². The maximum Gasteiger partial charge on any atom is 0.353 e.